The molecule has 0 spiro atoms. The third kappa shape index (κ3) is 6.25. The summed E-state index contributed by atoms with van der Waals surface area (Å²) in [6, 6.07) is 0. The molecule has 58 heavy (non-hydrogen) atoms. The highest BCUT2D eigenvalue weighted by molar-refractivity contribution is 5.95. The molecule has 2 aliphatic heterocycles. The van der Waals surface area contributed by atoms with E-state index >= 15 is 0 Å². The summed E-state index contributed by atoms with van der Waals surface area (Å²) in [6.45, 7) is 14.8. The number of ketones is 1. The van der Waals surface area contributed by atoms with E-state index in [0.717, 1.165) is 37.7 Å². The van der Waals surface area contributed by atoms with Gasteiger partial charge in [-0.3, -0.25) is 9.59 Å². The van der Waals surface area contributed by atoms with Gasteiger partial charge in [0.25, 0.3) is 0 Å². The van der Waals surface area contributed by atoms with E-state index in [1.165, 1.54) is 0 Å². The van der Waals surface area contributed by atoms with E-state index in [0.29, 0.717) is 25.7 Å². The van der Waals surface area contributed by atoms with Crippen molar-refractivity contribution < 1.29 is 79.0 Å². The Hall–Kier alpha value is -2.54. The summed E-state index contributed by atoms with van der Waals surface area (Å²) >= 11 is 0. The van der Waals surface area contributed by atoms with Gasteiger partial charge in [-0.25, -0.2) is 9.59 Å². The van der Waals surface area contributed by atoms with Crippen LogP contribution >= 0.6 is 0 Å². The van der Waals surface area contributed by atoms with Crippen molar-refractivity contribution in [3.8, 4) is 0 Å². The van der Waals surface area contributed by atoms with E-state index in [4.69, 9.17) is 18.9 Å². The molecule has 2 heterocycles. The molecule has 19 atom stereocenters. The fraction of sp³-hybridized carbons (Fsp3) is 0.857. The van der Waals surface area contributed by atoms with Crippen molar-refractivity contribution in [2.45, 2.75) is 174 Å². The summed E-state index contributed by atoms with van der Waals surface area (Å²) in [6.07, 6.45) is -12.2. The minimum Gasteiger partial charge on any atom is -0.481 e. The number of hydrogen-bond donors (Lipinski definition) is 8. The summed E-state index contributed by atoms with van der Waals surface area (Å²) in [5.41, 5.74) is -1.81. The number of aliphatic carboxylic acids is 3. The molecular formula is C42H62O16. The molecule has 2 saturated heterocycles. The maximum atomic E-state index is 14.8. The maximum absolute atomic E-state index is 14.8. The van der Waals surface area contributed by atoms with Crippen LogP contribution in [0.1, 0.15) is 106 Å². The minimum atomic E-state index is -2.05. The maximum Gasteiger partial charge on any atom is 0.335 e. The number of hydrogen-bond acceptors (Lipinski definition) is 13. The van der Waals surface area contributed by atoms with Crippen molar-refractivity contribution in [3.63, 3.8) is 0 Å². The lowest BCUT2D eigenvalue weighted by Gasteiger charge is -2.70. The molecule has 16 nitrogen and oxygen atoms in total. The van der Waals surface area contributed by atoms with Crippen LogP contribution < -0.4 is 0 Å². The second kappa shape index (κ2) is 14.3. The molecule has 0 bridgehead atoms. The number of carboxylic acids is 3. The molecule has 326 valence electrons. The van der Waals surface area contributed by atoms with Crippen molar-refractivity contribution in [2.75, 3.05) is 0 Å². The van der Waals surface area contributed by atoms with Gasteiger partial charge < -0.3 is 59.8 Å². The number of carbonyl (C=O) groups is 4. The first-order valence-corrected chi connectivity index (χ1v) is 20.7. The molecule has 0 aromatic carbocycles. The zero-order valence-corrected chi connectivity index (χ0v) is 34.4. The number of fused-ring (bicyclic) bond motifs is 7. The first-order valence-electron chi connectivity index (χ1n) is 20.7. The second-order valence-electron chi connectivity index (χ2n) is 20.6. The van der Waals surface area contributed by atoms with Gasteiger partial charge >= 0.3 is 17.9 Å². The number of rotatable bonds is 7. The summed E-state index contributed by atoms with van der Waals surface area (Å²) < 4.78 is 23.4. The van der Waals surface area contributed by atoms with Gasteiger partial charge in [0.05, 0.1) is 11.5 Å². The van der Waals surface area contributed by atoms with E-state index in [1.807, 2.05) is 26.8 Å². The molecule has 0 radical (unpaired) electrons. The van der Waals surface area contributed by atoms with Gasteiger partial charge in [0, 0.05) is 5.92 Å². The fourth-order valence-corrected chi connectivity index (χ4v) is 13.4. The number of ether oxygens (including phenoxy) is 4. The van der Waals surface area contributed by atoms with Gasteiger partial charge in [-0.2, -0.15) is 0 Å². The van der Waals surface area contributed by atoms with Crippen molar-refractivity contribution in [1.29, 1.82) is 0 Å². The van der Waals surface area contributed by atoms with Crippen molar-refractivity contribution in [3.05, 3.63) is 11.6 Å². The van der Waals surface area contributed by atoms with Crippen LogP contribution in [0.15, 0.2) is 11.6 Å². The average molecular weight is 823 g/mol. The molecule has 7 aliphatic rings. The van der Waals surface area contributed by atoms with Crippen LogP contribution in [0.25, 0.3) is 0 Å². The van der Waals surface area contributed by atoms with E-state index in [-0.39, 0.29) is 34.4 Å². The molecule has 7 rings (SSSR count). The predicted molar refractivity (Wildman–Crippen MR) is 199 cm³/mol. The van der Waals surface area contributed by atoms with Gasteiger partial charge in [-0.05, 0) is 110 Å². The molecule has 8 N–H and O–H groups in total. The van der Waals surface area contributed by atoms with Crippen LogP contribution in [-0.2, 0) is 38.1 Å². The zero-order valence-electron chi connectivity index (χ0n) is 34.4. The van der Waals surface area contributed by atoms with Crippen LogP contribution in [0.5, 0.6) is 0 Å². The highest BCUT2D eigenvalue weighted by Crippen LogP contribution is 2.75. The fourth-order valence-electron chi connectivity index (χ4n) is 13.4. The first kappa shape index (κ1) is 43.5. The second-order valence-corrected chi connectivity index (χ2v) is 20.6. The lowest BCUT2D eigenvalue weighted by molar-refractivity contribution is -0.371. The molecule has 0 aromatic heterocycles. The topological polar surface area (TPSA) is 267 Å². The lowest BCUT2D eigenvalue weighted by Crippen LogP contribution is -2.68. The highest BCUT2D eigenvalue weighted by Gasteiger charge is 2.71. The van der Waals surface area contributed by atoms with Gasteiger partial charge in [0.2, 0.25) is 0 Å². The Balaban J connectivity index is 1.17. The lowest BCUT2D eigenvalue weighted by atomic mass is 9.33. The van der Waals surface area contributed by atoms with E-state index < -0.39 is 107 Å². The molecule has 0 unspecified atom stereocenters. The molecule has 0 amide bonds. The van der Waals surface area contributed by atoms with E-state index in [9.17, 15) is 60.0 Å². The zero-order chi connectivity index (χ0) is 42.9. The third-order valence-corrected chi connectivity index (χ3v) is 17.2. The summed E-state index contributed by atoms with van der Waals surface area (Å²) in [5, 5.41) is 83.0. The number of carboxylic acid groups (broad SMARTS) is 3. The van der Waals surface area contributed by atoms with Crippen molar-refractivity contribution in [1.82, 2.24) is 0 Å². The standard InChI is InChI=1S/C42H62O16/c1-37(2)21-8-11-42(7)31(20(43)16-18-19-17-39(4,36(53)54)13-12-38(19,3)14-15-41(18,42)6)40(21,5)10-9-22(37)55-35-30(26(47)25(46)29(57-35)33(51)52)58-34-27(48)23(44)24(45)28(56-34)32(49)50/h16,19,21-31,34-35,44-48H,8-15,17H2,1-7H3,(H,49,50)(H,51,52)(H,53,54)/t19-,21-,22-,23-,24+,25-,26+,27+,28-,29-,30+,31-,34+,35+,38+,39+,40+,41-,42-/m0/s1. The Kier molecular flexibility index (Phi) is 10.7. The minimum absolute atomic E-state index is 0.0217. The van der Waals surface area contributed by atoms with Crippen LogP contribution in [0.4, 0.5) is 0 Å². The molecule has 4 saturated carbocycles. The monoisotopic (exact) mass is 822 g/mol. The predicted octanol–water partition coefficient (Wildman–Crippen LogP) is 2.25. The van der Waals surface area contributed by atoms with Gasteiger partial charge in [0.1, 0.15) is 36.6 Å². The summed E-state index contributed by atoms with van der Waals surface area (Å²) in [5.74, 6) is -4.47. The number of allylic oxidation sites excluding steroid dienone is 2. The molecule has 16 heteroatoms. The van der Waals surface area contributed by atoms with Crippen LogP contribution in [0.2, 0.25) is 0 Å². The quantitative estimate of drug-likeness (QED) is 0.171. The molecule has 5 aliphatic carbocycles. The van der Waals surface area contributed by atoms with Crippen LogP contribution in [0, 0.1) is 50.2 Å². The number of aliphatic hydroxyl groups excluding tert-OH is 5. The Morgan fingerprint density at radius 1 is 0.690 bits per heavy atom. The highest BCUT2D eigenvalue weighted by atomic mass is 16.8. The Bertz CT molecular complexity index is 1730. The summed E-state index contributed by atoms with van der Waals surface area (Å²) in [7, 11) is 0. The molecule has 6 fully saturated rings. The molecular weight excluding hydrogens is 760 g/mol. The summed E-state index contributed by atoms with van der Waals surface area (Å²) in [4.78, 5) is 51.3. The van der Waals surface area contributed by atoms with Gasteiger partial charge in [-0.15, -0.1) is 0 Å². The SMILES string of the molecule is CC1(C)[C@@H](O[C@@H]2O[C@H](C(=O)O)[C@@H](O)[C@@H](O)[C@H]2O[C@H]2O[C@H](C(=O)O)[C@H](O)[C@H](O)[C@H]2O)CC[C@]2(C)[C@H]1CC[C@@]1(C)[C@H]2C(=O)C=C2[C@@H]3C[C@](C)(C(=O)O)CC[C@]3(C)CC[C@@]21C. The Labute approximate surface area is 337 Å². The van der Waals surface area contributed by atoms with Crippen molar-refractivity contribution >= 4 is 23.7 Å². The van der Waals surface area contributed by atoms with Gasteiger partial charge in [-0.1, -0.05) is 47.1 Å². The Morgan fingerprint density at radius 2 is 1.28 bits per heavy atom. The van der Waals surface area contributed by atoms with Crippen LogP contribution in [0.3, 0.4) is 0 Å². The van der Waals surface area contributed by atoms with Crippen LogP contribution in [-0.4, -0.2) is 132 Å². The molecule has 0 aromatic rings. The van der Waals surface area contributed by atoms with E-state index in [2.05, 4.69) is 27.7 Å². The number of carbonyl (C=O) groups excluding carboxylic acids is 1. The van der Waals surface area contributed by atoms with Crippen molar-refractivity contribution in [2.24, 2.45) is 50.2 Å². The van der Waals surface area contributed by atoms with Gasteiger partial charge in [0.15, 0.2) is 30.6 Å². The largest absolute Gasteiger partial charge is 0.481 e. The Morgan fingerprint density at radius 3 is 1.88 bits per heavy atom. The van der Waals surface area contributed by atoms with E-state index in [1.54, 1.807) is 0 Å². The average Bonchev–Trinajstić information content (AvgIpc) is 3.13. The normalized spacial score (nSPS) is 52.6. The number of aliphatic hydroxyl groups is 5. The smallest absolute Gasteiger partial charge is 0.335 e. The first-order chi connectivity index (χ1) is 26.8. The third-order valence-electron chi connectivity index (χ3n) is 17.2.